The van der Waals surface area contributed by atoms with Crippen LogP contribution in [0.5, 0.6) is 0 Å². The van der Waals surface area contributed by atoms with E-state index in [-0.39, 0.29) is 5.97 Å². The maximum Gasteiger partial charge on any atom is 0.340 e. The van der Waals surface area contributed by atoms with E-state index in [9.17, 15) is 4.79 Å². The number of carbonyl (C=O) groups excluding carboxylic acids is 1. The van der Waals surface area contributed by atoms with Crippen molar-refractivity contribution in [2.24, 2.45) is 0 Å². The fourth-order valence-corrected chi connectivity index (χ4v) is 3.06. The normalized spacial score (nSPS) is 11.2. The van der Waals surface area contributed by atoms with Gasteiger partial charge in [0.1, 0.15) is 11.8 Å². The summed E-state index contributed by atoms with van der Waals surface area (Å²) in [6.45, 7) is 4.11. The number of hydrogen-bond acceptors (Lipinski definition) is 6. The Morgan fingerprint density at radius 1 is 1.35 bits per heavy atom. The molecule has 0 atom stereocenters. The fourth-order valence-electron chi connectivity index (χ4n) is 3.06. The van der Waals surface area contributed by atoms with Gasteiger partial charge in [0.05, 0.1) is 23.9 Å². The summed E-state index contributed by atoms with van der Waals surface area (Å²) in [5.74, 6) is 0.283. The minimum absolute atomic E-state index is 0.329. The Labute approximate surface area is 149 Å². The molecular formula is C18H18N6O2. The van der Waals surface area contributed by atoms with Crippen LogP contribution in [-0.2, 0) is 11.2 Å². The summed E-state index contributed by atoms with van der Waals surface area (Å²) < 4.78 is 6.83. The van der Waals surface area contributed by atoms with Crippen LogP contribution in [0.1, 0.15) is 29.8 Å². The van der Waals surface area contributed by atoms with Crippen LogP contribution in [0.2, 0.25) is 0 Å². The number of anilines is 2. The number of nitrogens with one attached hydrogen (secondary N) is 2. The van der Waals surface area contributed by atoms with Gasteiger partial charge in [0.2, 0.25) is 0 Å². The molecule has 8 nitrogen and oxygen atoms in total. The number of aromatic amines is 1. The molecule has 0 saturated heterocycles. The zero-order chi connectivity index (χ0) is 18.1. The minimum atomic E-state index is -0.348. The van der Waals surface area contributed by atoms with Gasteiger partial charge in [-0.15, -0.1) is 0 Å². The topological polar surface area (TPSA) is 97.2 Å². The highest BCUT2D eigenvalue weighted by Gasteiger charge is 2.20. The van der Waals surface area contributed by atoms with Crippen LogP contribution >= 0.6 is 0 Å². The molecule has 26 heavy (non-hydrogen) atoms. The molecule has 4 rings (SSSR count). The lowest BCUT2D eigenvalue weighted by Crippen LogP contribution is -2.06. The first kappa shape index (κ1) is 16.1. The summed E-state index contributed by atoms with van der Waals surface area (Å²) in [5, 5.41) is 15.6. The highest BCUT2D eigenvalue weighted by Crippen LogP contribution is 2.28. The quantitative estimate of drug-likeness (QED) is 0.537. The maximum absolute atomic E-state index is 12.3. The zero-order valence-electron chi connectivity index (χ0n) is 14.5. The summed E-state index contributed by atoms with van der Waals surface area (Å²) >= 11 is 0. The number of esters is 1. The van der Waals surface area contributed by atoms with Crippen LogP contribution in [0.25, 0.3) is 16.4 Å². The number of ether oxygens (including phenoxy) is 1. The Morgan fingerprint density at radius 3 is 3.04 bits per heavy atom. The smallest absolute Gasteiger partial charge is 0.340 e. The van der Waals surface area contributed by atoms with Crippen LogP contribution < -0.4 is 5.32 Å². The molecule has 3 heterocycles. The molecular weight excluding hydrogens is 332 g/mol. The van der Waals surface area contributed by atoms with Crippen molar-refractivity contribution >= 4 is 33.9 Å². The standard InChI is InChI=1S/C18H18N6O2/c1-3-13-14(18(25)26-4-2)9-24-16(13)17(19-10-21-24)22-12-6-5-11-8-20-23-15(11)7-12/h5-10H,3-4H2,1-2H3,(H,20,23)(H,19,21,22). The van der Waals surface area contributed by atoms with E-state index < -0.39 is 0 Å². The number of aromatic nitrogens is 5. The fraction of sp³-hybridized carbons (Fsp3) is 0.222. The first-order chi connectivity index (χ1) is 12.7. The first-order valence-electron chi connectivity index (χ1n) is 8.43. The molecule has 0 amide bonds. The summed E-state index contributed by atoms with van der Waals surface area (Å²) in [6, 6.07) is 5.89. The Kier molecular flexibility index (Phi) is 4.00. The molecule has 8 heteroatoms. The van der Waals surface area contributed by atoms with Gasteiger partial charge in [0.15, 0.2) is 5.82 Å². The van der Waals surface area contributed by atoms with Gasteiger partial charge in [-0.25, -0.2) is 14.3 Å². The molecule has 3 aromatic heterocycles. The summed E-state index contributed by atoms with van der Waals surface area (Å²) in [7, 11) is 0. The number of nitrogens with zero attached hydrogens (tertiary/aromatic N) is 4. The van der Waals surface area contributed by atoms with Crippen LogP contribution in [-0.4, -0.2) is 37.4 Å². The number of fused-ring (bicyclic) bond motifs is 2. The summed E-state index contributed by atoms with van der Waals surface area (Å²) in [5.41, 5.74) is 3.93. The number of hydrogen-bond donors (Lipinski definition) is 2. The van der Waals surface area contributed by atoms with Gasteiger partial charge in [-0.1, -0.05) is 6.92 Å². The Balaban J connectivity index is 1.80. The van der Waals surface area contributed by atoms with Crippen molar-refractivity contribution in [3.05, 3.63) is 48.0 Å². The van der Waals surface area contributed by atoms with Gasteiger partial charge in [0, 0.05) is 17.3 Å². The Hall–Kier alpha value is -3.42. The SMILES string of the molecule is CCOC(=O)c1cn2ncnc(Nc3ccc4cn[nH]c4c3)c2c1CC. The molecule has 0 spiro atoms. The lowest BCUT2D eigenvalue weighted by molar-refractivity contribution is 0.0525. The monoisotopic (exact) mass is 350 g/mol. The van der Waals surface area contributed by atoms with Crippen LogP contribution in [0.3, 0.4) is 0 Å². The van der Waals surface area contributed by atoms with E-state index in [2.05, 4.69) is 25.6 Å². The van der Waals surface area contributed by atoms with E-state index in [4.69, 9.17) is 4.74 Å². The molecule has 132 valence electrons. The van der Waals surface area contributed by atoms with Gasteiger partial charge in [0.25, 0.3) is 0 Å². The first-order valence-corrected chi connectivity index (χ1v) is 8.43. The van der Waals surface area contributed by atoms with Crippen molar-refractivity contribution in [3.63, 3.8) is 0 Å². The van der Waals surface area contributed by atoms with Gasteiger partial charge in [-0.05, 0) is 37.1 Å². The van der Waals surface area contributed by atoms with Crippen LogP contribution in [0.15, 0.2) is 36.9 Å². The van der Waals surface area contributed by atoms with Crippen molar-refractivity contribution in [1.82, 2.24) is 24.8 Å². The van der Waals surface area contributed by atoms with E-state index in [0.29, 0.717) is 24.4 Å². The third kappa shape index (κ3) is 2.65. The molecule has 0 bridgehead atoms. The van der Waals surface area contributed by atoms with Crippen molar-refractivity contribution in [3.8, 4) is 0 Å². The van der Waals surface area contributed by atoms with E-state index in [1.54, 1.807) is 23.8 Å². The average Bonchev–Trinajstić information content (AvgIpc) is 3.26. The van der Waals surface area contributed by atoms with E-state index >= 15 is 0 Å². The predicted octanol–water partition coefficient (Wildman–Crippen LogP) is 3.09. The van der Waals surface area contributed by atoms with Crippen LogP contribution in [0, 0.1) is 0 Å². The third-order valence-corrected chi connectivity index (χ3v) is 4.23. The van der Waals surface area contributed by atoms with E-state index in [1.165, 1.54) is 6.33 Å². The molecule has 0 saturated carbocycles. The summed E-state index contributed by atoms with van der Waals surface area (Å²) in [4.78, 5) is 16.6. The molecule has 2 N–H and O–H groups in total. The molecule has 1 aromatic carbocycles. The van der Waals surface area contributed by atoms with Crippen molar-refractivity contribution in [1.29, 1.82) is 0 Å². The highest BCUT2D eigenvalue weighted by molar-refractivity contribution is 5.96. The maximum atomic E-state index is 12.3. The second-order valence-electron chi connectivity index (χ2n) is 5.79. The highest BCUT2D eigenvalue weighted by atomic mass is 16.5. The molecule has 4 aromatic rings. The second-order valence-corrected chi connectivity index (χ2v) is 5.79. The molecule has 0 aliphatic rings. The molecule has 0 fully saturated rings. The lowest BCUT2D eigenvalue weighted by atomic mass is 10.1. The van der Waals surface area contributed by atoms with Gasteiger partial charge >= 0.3 is 5.97 Å². The minimum Gasteiger partial charge on any atom is -0.462 e. The van der Waals surface area contributed by atoms with Crippen LogP contribution in [0.4, 0.5) is 11.5 Å². The number of benzene rings is 1. The largest absolute Gasteiger partial charge is 0.462 e. The van der Waals surface area contributed by atoms with Gasteiger partial charge < -0.3 is 10.1 Å². The average molecular weight is 350 g/mol. The zero-order valence-corrected chi connectivity index (χ0v) is 14.5. The molecule has 0 unspecified atom stereocenters. The number of aryl methyl sites for hydroxylation is 1. The lowest BCUT2D eigenvalue weighted by Gasteiger charge is -2.09. The number of carbonyl (C=O) groups is 1. The third-order valence-electron chi connectivity index (χ3n) is 4.23. The molecule has 0 radical (unpaired) electrons. The predicted molar refractivity (Wildman–Crippen MR) is 97.7 cm³/mol. The van der Waals surface area contributed by atoms with Crippen molar-refractivity contribution in [2.75, 3.05) is 11.9 Å². The molecule has 0 aliphatic carbocycles. The Morgan fingerprint density at radius 2 is 2.23 bits per heavy atom. The van der Waals surface area contributed by atoms with E-state index in [0.717, 1.165) is 27.7 Å². The van der Waals surface area contributed by atoms with Crippen molar-refractivity contribution < 1.29 is 9.53 Å². The van der Waals surface area contributed by atoms with Gasteiger partial charge in [-0.2, -0.15) is 10.2 Å². The van der Waals surface area contributed by atoms with E-state index in [1.807, 2.05) is 25.1 Å². The second kappa shape index (κ2) is 6.47. The van der Waals surface area contributed by atoms with Crippen molar-refractivity contribution in [2.45, 2.75) is 20.3 Å². The van der Waals surface area contributed by atoms with Gasteiger partial charge in [-0.3, -0.25) is 5.10 Å². The number of rotatable bonds is 5. The Bertz CT molecular complexity index is 1100. The summed E-state index contributed by atoms with van der Waals surface area (Å²) in [6.07, 6.45) is 5.58. The molecule has 0 aliphatic heterocycles. The number of H-pyrrole nitrogens is 1.